The van der Waals surface area contributed by atoms with Crippen molar-refractivity contribution in [1.29, 1.82) is 0 Å². The zero-order chi connectivity index (χ0) is 16.8. The van der Waals surface area contributed by atoms with E-state index in [1.807, 2.05) is 40.0 Å². The molecule has 1 aliphatic heterocycles. The molecule has 6 nitrogen and oxygen atoms in total. The highest BCUT2D eigenvalue weighted by atomic mass is 16.5. The summed E-state index contributed by atoms with van der Waals surface area (Å²) in [6.45, 7) is 2.56. The second-order valence-corrected chi connectivity index (χ2v) is 6.02. The minimum atomic E-state index is 0.0374. The molecule has 0 aliphatic carbocycles. The first-order chi connectivity index (χ1) is 11.7. The molecule has 24 heavy (non-hydrogen) atoms. The lowest BCUT2D eigenvalue weighted by Crippen LogP contribution is -2.41. The summed E-state index contributed by atoms with van der Waals surface area (Å²) in [5, 5.41) is 4.25. The molecule has 128 valence electrons. The number of hydrogen-bond donors (Lipinski definition) is 0. The topological polar surface area (TPSA) is 56.6 Å². The van der Waals surface area contributed by atoms with Crippen LogP contribution in [-0.2, 0) is 11.3 Å². The normalized spacial score (nSPS) is 15.3. The van der Waals surface area contributed by atoms with Gasteiger partial charge in [-0.1, -0.05) is 6.07 Å². The lowest BCUT2D eigenvalue weighted by Gasteiger charge is -2.31. The number of hydrogen-bond acceptors (Lipinski definition) is 4. The Kier molecular flexibility index (Phi) is 5.36. The highest BCUT2D eigenvalue weighted by Gasteiger charge is 2.23. The Hall–Kier alpha value is -2.50. The molecule has 1 aromatic heterocycles. The van der Waals surface area contributed by atoms with Crippen LogP contribution in [0.25, 0.3) is 0 Å². The second kappa shape index (κ2) is 7.86. The van der Waals surface area contributed by atoms with Crippen LogP contribution in [0.1, 0.15) is 12.8 Å². The van der Waals surface area contributed by atoms with Gasteiger partial charge in [0.25, 0.3) is 5.91 Å². The van der Waals surface area contributed by atoms with Gasteiger partial charge in [-0.3, -0.25) is 9.48 Å². The number of benzene rings is 1. The molecule has 0 unspecified atom stereocenters. The van der Waals surface area contributed by atoms with E-state index in [0.717, 1.165) is 38.2 Å². The van der Waals surface area contributed by atoms with Gasteiger partial charge < -0.3 is 14.4 Å². The summed E-state index contributed by atoms with van der Waals surface area (Å²) in [5.41, 5.74) is 0. The number of methoxy groups -OCH3 is 1. The molecular weight excluding hydrogens is 306 g/mol. The molecule has 0 spiro atoms. The fourth-order valence-corrected chi connectivity index (χ4v) is 2.97. The lowest BCUT2D eigenvalue weighted by molar-refractivity contribution is -0.134. The van der Waals surface area contributed by atoms with Gasteiger partial charge in [0.2, 0.25) is 0 Å². The largest absolute Gasteiger partial charge is 0.497 e. The molecular formula is C18H23N3O3. The first kappa shape index (κ1) is 16.4. The molecule has 1 fully saturated rings. The molecule has 6 heteroatoms. The monoisotopic (exact) mass is 329 g/mol. The van der Waals surface area contributed by atoms with Gasteiger partial charge in [0, 0.05) is 38.1 Å². The fraction of sp³-hybridized carbons (Fsp3) is 0.444. The second-order valence-electron chi connectivity index (χ2n) is 6.02. The smallest absolute Gasteiger partial charge is 0.260 e. The maximum atomic E-state index is 12.3. The number of nitrogens with zero attached hydrogens (tertiary/aromatic N) is 3. The Morgan fingerprint density at radius 3 is 2.75 bits per heavy atom. The third-order valence-electron chi connectivity index (χ3n) is 4.38. The molecule has 2 heterocycles. The summed E-state index contributed by atoms with van der Waals surface area (Å²) in [6, 6.07) is 9.24. The molecule has 0 atom stereocenters. The zero-order valence-electron chi connectivity index (χ0n) is 13.9. The van der Waals surface area contributed by atoms with Crippen LogP contribution in [0.4, 0.5) is 0 Å². The van der Waals surface area contributed by atoms with E-state index in [2.05, 4.69) is 5.10 Å². The van der Waals surface area contributed by atoms with Crippen LogP contribution in [0.5, 0.6) is 11.5 Å². The number of carbonyl (C=O) groups is 1. The van der Waals surface area contributed by atoms with E-state index in [1.54, 1.807) is 19.4 Å². The summed E-state index contributed by atoms with van der Waals surface area (Å²) in [4.78, 5) is 14.2. The average Bonchev–Trinajstić information content (AvgIpc) is 3.13. The molecule has 0 N–H and O–H groups in total. The van der Waals surface area contributed by atoms with E-state index in [0.29, 0.717) is 11.7 Å². The highest BCUT2D eigenvalue weighted by molar-refractivity contribution is 5.77. The number of ether oxygens (including phenoxy) is 2. The minimum absolute atomic E-state index is 0.0374. The number of amides is 1. The van der Waals surface area contributed by atoms with Gasteiger partial charge in [-0.25, -0.2) is 0 Å². The molecule has 1 aliphatic rings. The third-order valence-corrected chi connectivity index (χ3v) is 4.38. The summed E-state index contributed by atoms with van der Waals surface area (Å²) in [5.74, 6) is 1.99. The Balaban J connectivity index is 1.43. The third kappa shape index (κ3) is 4.28. The van der Waals surface area contributed by atoms with E-state index in [-0.39, 0.29) is 12.5 Å². The Bertz CT molecular complexity index is 649. The summed E-state index contributed by atoms with van der Waals surface area (Å²) >= 11 is 0. The average molecular weight is 329 g/mol. The maximum absolute atomic E-state index is 12.3. The van der Waals surface area contributed by atoms with Crippen molar-refractivity contribution in [2.24, 2.45) is 5.92 Å². The lowest BCUT2D eigenvalue weighted by atomic mass is 9.97. The van der Waals surface area contributed by atoms with Crippen LogP contribution in [0, 0.1) is 5.92 Å². The van der Waals surface area contributed by atoms with Crippen molar-refractivity contribution in [3.05, 3.63) is 42.7 Å². The summed E-state index contributed by atoms with van der Waals surface area (Å²) in [6.07, 6.45) is 5.80. The van der Waals surface area contributed by atoms with Gasteiger partial charge in [0.05, 0.1) is 7.11 Å². The number of aromatic nitrogens is 2. The molecule has 1 amide bonds. The van der Waals surface area contributed by atoms with Crippen molar-refractivity contribution in [3.63, 3.8) is 0 Å². The molecule has 2 aromatic rings. The summed E-state index contributed by atoms with van der Waals surface area (Å²) in [7, 11) is 1.61. The van der Waals surface area contributed by atoms with Crippen molar-refractivity contribution < 1.29 is 14.3 Å². The molecule has 0 radical (unpaired) electrons. The maximum Gasteiger partial charge on any atom is 0.260 e. The van der Waals surface area contributed by atoms with Crippen LogP contribution in [-0.4, -0.2) is 47.4 Å². The van der Waals surface area contributed by atoms with E-state index < -0.39 is 0 Å². The molecule has 1 aromatic carbocycles. The molecule has 0 saturated carbocycles. The van der Waals surface area contributed by atoms with Gasteiger partial charge in [-0.05, 0) is 37.0 Å². The predicted octanol–water partition coefficient (Wildman–Crippen LogP) is 2.21. The number of likely N-dealkylation sites (tertiary alicyclic amines) is 1. The minimum Gasteiger partial charge on any atom is -0.497 e. The first-order valence-corrected chi connectivity index (χ1v) is 8.26. The van der Waals surface area contributed by atoms with Crippen LogP contribution in [0.3, 0.4) is 0 Å². The van der Waals surface area contributed by atoms with Gasteiger partial charge in [-0.2, -0.15) is 5.10 Å². The van der Waals surface area contributed by atoms with Crippen LogP contribution >= 0.6 is 0 Å². The molecule has 3 rings (SSSR count). The van der Waals surface area contributed by atoms with E-state index in [4.69, 9.17) is 9.47 Å². The summed E-state index contributed by atoms with van der Waals surface area (Å²) < 4.78 is 12.7. The zero-order valence-corrected chi connectivity index (χ0v) is 13.9. The highest BCUT2D eigenvalue weighted by Crippen LogP contribution is 2.21. The predicted molar refractivity (Wildman–Crippen MR) is 90.0 cm³/mol. The van der Waals surface area contributed by atoms with Gasteiger partial charge >= 0.3 is 0 Å². The van der Waals surface area contributed by atoms with E-state index in [1.165, 1.54) is 0 Å². The van der Waals surface area contributed by atoms with E-state index in [9.17, 15) is 4.79 Å². The van der Waals surface area contributed by atoms with E-state index >= 15 is 0 Å². The SMILES string of the molecule is COc1cccc(OCC(=O)N2CCC(Cn3cccn3)CC2)c1. The van der Waals surface area contributed by atoms with Crippen molar-refractivity contribution in [2.45, 2.75) is 19.4 Å². The van der Waals surface area contributed by atoms with Crippen molar-refractivity contribution in [1.82, 2.24) is 14.7 Å². The van der Waals surface area contributed by atoms with Gasteiger partial charge in [-0.15, -0.1) is 0 Å². The number of rotatable bonds is 6. The van der Waals surface area contributed by atoms with Gasteiger partial charge in [0.15, 0.2) is 6.61 Å². The number of piperidine rings is 1. The van der Waals surface area contributed by atoms with Gasteiger partial charge in [0.1, 0.15) is 11.5 Å². The van der Waals surface area contributed by atoms with Crippen molar-refractivity contribution in [2.75, 3.05) is 26.8 Å². The molecule has 0 bridgehead atoms. The first-order valence-electron chi connectivity index (χ1n) is 8.26. The van der Waals surface area contributed by atoms with Crippen molar-refractivity contribution in [3.8, 4) is 11.5 Å². The van der Waals surface area contributed by atoms with Crippen molar-refractivity contribution >= 4 is 5.91 Å². The Labute approximate surface area is 142 Å². The van der Waals surface area contributed by atoms with Crippen LogP contribution in [0.15, 0.2) is 42.7 Å². The number of carbonyl (C=O) groups excluding carboxylic acids is 1. The van der Waals surface area contributed by atoms with Crippen LogP contribution in [0.2, 0.25) is 0 Å². The Morgan fingerprint density at radius 1 is 1.25 bits per heavy atom. The Morgan fingerprint density at radius 2 is 2.04 bits per heavy atom. The van der Waals surface area contributed by atoms with Crippen LogP contribution < -0.4 is 9.47 Å². The quantitative estimate of drug-likeness (QED) is 0.815. The standard InChI is InChI=1S/C18H23N3O3/c1-23-16-4-2-5-17(12-16)24-14-18(22)20-10-6-15(7-11-20)13-21-9-3-8-19-21/h2-5,8-9,12,15H,6-7,10-11,13-14H2,1H3. The molecule has 1 saturated heterocycles. The fourth-order valence-electron chi connectivity index (χ4n) is 2.97.